The lowest BCUT2D eigenvalue weighted by atomic mass is 10.0. The molecule has 0 unspecified atom stereocenters. The molecule has 0 fully saturated rings. The average Bonchev–Trinajstić information content (AvgIpc) is 2.79. The summed E-state index contributed by atoms with van der Waals surface area (Å²) in [5.74, 6) is 0.125. The Morgan fingerprint density at radius 3 is 2.72 bits per heavy atom. The quantitative estimate of drug-likeness (QED) is 0.440. The maximum atomic E-state index is 13.1. The van der Waals surface area contributed by atoms with E-state index in [2.05, 4.69) is 35.2 Å². The number of aryl methyl sites for hydroxylation is 1. The van der Waals surface area contributed by atoms with Crippen molar-refractivity contribution in [1.82, 2.24) is 19.7 Å². The molecule has 0 saturated carbocycles. The normalized spacial score (nSPS) is 12.4. The number of hydrogen-bond donors (Lipinski definition) is 1. The van der Waals surface area contributed by atoms with Gasteiger partial charge in [0.2, 0.25) is 0 Å². The minimum atomic E-state index is -0.191. The molecular weight excluding hydrogens is 400 g/mol. The van der Waals surface area contributed by atoms with Crippen LogP contribution >= 0.6 is 0 Å². The van der Waals surface area contributed by atoms with Crippen LogP contribution in [-0.4, -0.2) is 26.3 Å². The zero-order valence-electron chi connectivity index (χ0n) is 18.7. The van der Waals surface area contributed by atoms with Crippen LogP contribution < -0.4 is 10.9 Å². The minimum absolute atomic E-state index is 0.0231. The van der Waals surface area contributed by atoms with Crippen molar-refractivity contribution < 1.29 is 4.79 Å². The second-order valence-corrected chi connectivity index (χ2v) is 8.62. The van der Waals surface area contributed by atoms with Gasteiger partial charge in [-0.25, -0.2) is 4.98 Å². The molecule has 0 aliphatic heterocycles. The Kier molecular flexibility index (Phi) is 6.30. The molecule has 3 aromatic heterocycles. The van der Waals surface area contributed by atoms with E-state index in [0.717, 1.165) is 24.8 Å². The Morgan fingerprint density at radius 1 is 1.12 bits per heavy atom. The molecule has 1 aromatic carbocycles. The molecule has 0 spiro atoms. The molecule has 6 nitrogen and oxygen atoms in total. The monoisotopic (exact) mass is 428 g/mol. The van der Waals surface area contributed by atoms with Crippen LogP contribution in [0.4, 0.5) is 0 Å². The number of pyridine rings is 2. The van der Waals surface area contributed by atoms with E-state index in [9.17, 15) is 9.59 Å². The first kappa shape index (κ1) is 21.7. The Balaban J connectivity index is 1.50. The van der Waals surface area contributed by atoms with Gasteiger partial charge in [0, 0.05) is 24.6 Å². The van der Waals surface area contributed by atoms with Gasteiger partial charge in [0.15, 0.2) is 0 Å². The van der Waals surface area contributed by atoms with E-state index in [1.54, 1.807) is 24.5 Å². The van der Waals surface area contributed by atoms with Gasteiger partial charge in [0.1, 0.15) is 5.65 Å². The van der Waals surface area contributed by atoms with Gasteiger partial charge in [-0.05, 0) is 73.6 Å². The molecule has 32 heavy (non-hydrogen) atoms. The average molecular weight is 429 g/mol. The molecule has 4 aromatic rings. The van der Waals surface area contributed by atoms with Gasteiger partial charge in [0.05, 0.1) is 16.5 Å². The van der Waals surface area contributed by atoms with Crippen molar-refractivity contribution in [2.24, 2.45) is 0 Å². The molecular formula is C26H28N4O2. The second kappa shape index (κ2) is 9.30. The first-order valence-corrected chi connectivity index (χ1v) is 11.1. The van der Waals surface area contributed by atoms with Crippen LogP contribution in [-0.2, 0) is 6.42 Å². The number of amides is 1. The van der Waals surface area contributed by atoms with Gasteiger partial charge in [-0.3, -0.25) is 19.0 Å². The van der Waals surface area contributed by atoms with Crippen molar-refractivity contribution in [2.45, 2.75) is 52.0 Å². The summed E-state index contributed by atoms with van der Waals surface area (Å²) >= 11 is 0. The highest BCUT2D eigenvalue weighted by molar-refractivity contribution is 5.94. The fraction of sp³-hybridized carbons (Fsp3) is 0.308. The fourth-order valence-corrected chi connectivity index (χ4v) is 3.85. The van der Waals surface area contributed by atoms with Crippen LogP contribution in [0.2, 0.25) is 0 Å². The van der Waals surface area contributed by atoms with Crippen molar-refractivity contribution in [1.29, 1.82) is 0 Å². The molecule has 1 amide bonds. The van der Waals surface area contributed by atoms with E-state index < -0.39 is 0 Å². The van der Waals surface area contributed by atoms with E-state index in [-0.39, 0.29) is 17.5 Å². The molecule has 0 bridgehead atoms. The number of nitrogens with zero attached hydrogens (tertiary/aromatic N) is 3. The van der Waals surface area contributed by atoms with Gasteiger partial charge in [-0.1, -0.05) is 26.0 Å². The van der Waals surface area contributed by atoms with E-state index in [1.807, 2.05) is 37.4 Å². The van der Waals surface area contributed by atoms with Crippen LogP contribution in [0.15, 0.2) is 65.8 Å². The lowest BCUT2D eigenvalue weighted by molar-refractivity contribution is 0.0937. The van der Waals surface area contributed by atoms with Gasteiger partial charge in [-0.15, -0.1) is 0 Å². The van der Waals surface area contributed by atoms with E-state index >= 15 is 0 Å². The number of benzene rings is 1. The summed E-state index contributed by atoms with van der Waals surface area (Å²) in [7, 11) is 0. The zero-order valence-corrected chi connectivity index (χ0v) is 18.7. The van der Waals surface area contributed by atoms with Crippen LogP contribution in [0.5, 0.6) is 0 Å². The summed E-state index contributed by atoms with van der Waals surface area (Å²) in [5.41, 5.74) is 3.76. The van der Waals surface area contributed by atoms with E-state index in [0.29, 0.717) is 28.0 Å². The number of nitrogens with one attached hydrogen (secondary N) is 1. The van der Waals surface area contributed by atoms with Gasteiger partial charge < -0.3 is 5.32 Å². The number of fused-ring (bicyclic) bond motifs is 2. The summed E-state index contributed by atoms with van der Waals surface area (Å²) in [5, 5.41) is 3.60. The van der Waals surface area contributed by atoms with E-state index in [1.165, 1.54) is 9.96 Å². The molecule has 3 heterocycles. The molecule has 0 saturated heterocycles. The lowest BCUT2D eigenvalue weighted by Crippen LogP contribution is -2.33. The fourth-order valence-electron chi connectivity index (χ4n) is 3.85. The standard InChI is InChI=1S/C26H28N4O2/c1-17(2)20-9-11-23-22(14-20)26(32)30-16-21(10-12-24(30)29-23)25(31)28-18(3)6-4-7-19-8-5-13-27-15-19/h5,8-18H,4,6-7H2,1-3H3,(H,28,31)/t18-/m0/s1. The van der Waals surface area contributed by atoms with E-state index in [4.69, 9.17) is 0 Å². The minimum Gasteiger partial charge on any atom is -0.350 e. The predicted octanol–water partition coefficient (Wildman–Crippen LogP) is 4.51. The molecule has 1 N–H and O–H groups in total. The summed E-state index contributed by atoms with van der Waals surface area (Å²) in [6, 6.07) is 13.3. The topological polar surface area (TPSA) is 76.4 Å². The molecule has 1 atom stereocenters. The van der Waals surface area contributed by atoms with Crippen LogP contribution in [0.25, 0.3) is 16.6 Å². The number of carbonyl (C=O) groups is 1. The van der Waals surface area contributed by atoms with Crippen molar-refractivity contribution >= 4 is 22.5 Å². The van der Waals surface area contributed by atoms with Crippen molar-refractivity contribution in [3.63, 3.8) is 0 Å². The van der Waals surface area contributed by atoms with Gasteiger partial charge >= 0.3 is 0 Å². The Labute approximate surface area is 187 Å². The third-order valence-electron chi connectivity index (χ3n) is 5.76. The highest BCUT2D eigenvalue weighted by Crippen LogP contribution is 2.19. The van der Waals surface area contributed by atoms with Crippen LogP contribution in [0.1, 0.15) is 61.0 Å². The number of rotatable bonds is 7. The number of aromatic nitrogens is 3. The van der Waals surface area contributed by atoms with Crippen LogP contribution in [0, 0.1) is 0 Å². The Morgan fingerprint density at radius 2 is 1.97 bits per heavy atom. The van der Waals surface area contributed by atoms with Crippen molar-refractivity contribution in [3.05, 3.63) is 88.1 Å². The largest absolute Gasteiger partial charge is 0.350 e. The molecule has 4 rings (SSSR count). The van der Waals surface area contributed by atoms with Crippen molar-refractivity contribution in [3.8, 4) is 0 Å². The lowest BCUT2D eigenvalue weighted by Gasteiger charge is -2.14. The maximum Gasteiger partial charge on any atom is 0.265 e. The maximum absolute atomic E-state index is 13.1. The molecule has 6 heteroatoms. The SMILES string of the molecule is CC(C)c1ccc2nc3ccc(C(=O)N[C@@H](C)CCCc4cccnc4)cn3c(=O)c2c1. The number of hydrogen-bond acceptors (Lipinski definition) is 4. The number of carbonyl (C=O) groups excluding carboxylic acids is 1. The smallest absolute Gasteiger partial charge is 0.265 e. The molecule has 0 aliphatic rings. The Bertz CT molecular complexity index is 1310. The second-order valence-electron chi connectivity index (χ2n) is 8.62. The third kappa shape index (κ3) is 4.69. The summed E-state index contributed by atoms with van der Waals surface area (Å²) < 4.78 is 1.47. The predicted molar refractivity (Wildman–Crippen MR) is 127 cm³/mol. The zero-order chi connectivity index (χ0) is 22.7. The third-order valence-corrected chi connectivity index (χ3v) is 5.76. The van der Waals surface area contributed by atoms with Gasteiger partial charge in [-0.2, -0.15) is 0 Å². The summed E-state index contributed by atoms with van der Waals surface area (Å²) in [4.78, 5) is 34.6. The highest BCUT2D eigenvalue weighted by Gasteiger charge is 2.13. The highest BCUT2D eigenvalue weighted by atomic mass is 16.2. The summed E-state index contributed by atoms with van der Waals surface area (Å²) in [6.45, 7) is 6.18. The molecule has 0 radical (unpaired) electrons. The summed E-state index contributed by atoms with van der Waals surface area (Å²) in [6.07, 6.45) is 7.97. The first-order chi connectivity index (χ1) is 15.4. The van der Waals surface area contributed by atoms with Gasteiger partial charge in [0.25, 0.3) is 11.5 Å². The first-order valence-electron chi connectivity index (χ1n) is 11.1. The molecule has 0 aliphatic carbocycles. The Hall–Kier alpha value is -3.54. The van der Waals surface area contributed by atoms with Crippen LogP contribution in [0.3, 0.4) is 0 Å². The van der Waals surface area contributed by atoms with Crippen molar-refractivity contribution in [2.75, 3.05) is 0 Å². The molecule has 164 valence electrons.